The molecule has 0 spiro atoms. The largest absolute Gasteiger partial charge is 0.453 e. The summed E-state index contributed by atoms with van der Waals surface area (Å²) in [6.07, 6.45) is 1.24. The maximum absolute atomic E-state index is 15.1. The molecule has 40 heavy (non-hydrogen) atoms. The normalized spacial score (nSPS) is 11.9. The molecule has 5 rings (SSSR count). The molecule has 0 aliphatic rings. The van der Waals surface area contributed by atoms with Crippen molar-refractivity contribution in [3.05, 3.63) is 99.6 Å². The predicted molar refractivity (Wildman–Crippen MR) is 143 cm³/mol. The summed E-state index contributed by atoms with van der Waals surface area (Å²) in [5, 5.41) is 23.9. The van der Waals surface area contributed by atoms with Crippen molar-refractivity contribution in [2.45, 2.75) is 26.3 Å². The molecule has 3 N–H and O–H groups in total. The number of ether oxygens (including phenoxy) is 1. The number of H-pyrrole nitrogens is 1. The van der Waals surface area contributed by atoms with Crippen LogP contribution in [0, 0.1) is 18.6 Å². The van der Waals surface area contributed by atoms with E-state index >= 15 is 4.39 Å². The highest BCUT2D eigenvalue weighted by molar-refractivity contribution is 5.97. The zero-order valence-corrected chi connectivity index (χ0v) is 21.5. The fourth-order valence-electron chi connectivity index (χ4n) is 4.10. The van der Waals surface area contributed by atoms with Crippen LogP contribution in [0.5, 0.6) is 11.5 Å². The minimum Gasteiger partial charge on any atom is -0.453 e. The SMILES string of the molecule is Cc1cc(C(=O)Cc2ccc(Oc3ccnc4[nH]nc(N[C@H](C)CO)c34)c(F)c2)c(=O)n(-c2ccc(F)cc2)n1. The molecule has 2 aromatic carbocycles. The van der Waals surface area contributed by atoms with E-state index in [2.05, 4.69) is 25.6 Å². The van der Waals surface area contributed by atoms with Gasteiger partial charge in [0.1, 0.15) is 17.0 Å². The van der Waals surface area contributed by atoms with Crippen LogP contribution in [0.2, 0.25) is 0 Å². The summed E-state index contributed by atoms with van der Waals surface area (Å²) in [5.74, 6) is -1.14. The summed E-state index contributed by atoms with van der Waals surface area (Å²) >= 11 is 0. The molecule has 1 atom stereocenters. The van der Waals surface area contributed by atoms with Crippen LogP contribution in [0.25, 0.3) is 16.7 Å². The number of anilines is 1. The van der Waals surface area contributed by atoms with E-state index in [9.17, 15) is 19.1 Å². The smallest absolute Gasteiger partial charge is 0.282 e. The van der Waals surface area contributed by atoms with Gasteiger partial charge in [0, 0.05) is 24.7 Å². The number of Topliss-reactive ketones (excluding diaryl/α,β-unsaturated/α-hetero) is 1. The highest BCUT2D eigenvalue weighted by Crippen LogP contribution is 2.34. The summed E-state index contributed by atoms with van der Waals surface area (Å²) in [5.41, 5.74) is 0.681. The average Bonchev–Trinajstić information content (AvgIpc) is 3.35. The van der Waals surface area contributed by atoms with Crippen molar-refractivity contribution in [3.63, 3.8) is 0 Å². The Morgan fingerprint density at radius 2 is 1.90 bits per heavy atom. The van der Waals surface area contributed by atoms with Crippen LogP contribution in [0.4, 0.5) is 14.6 Å². The standard InChI is InChI=1S/C28H24F2N6O4/c1-15-11-20(28(39)36(35-15)19-6-4-18(29)5-7-19)22(38)13-17-3-8-23(21(30)12-17)40-24-9-10-31-26-25(24)27(34-33-26)32-16(2)14-37/h3-12,16,37H,13-14H2,1-2H3,(H2,31,32,33,34)/t16-/m1/s1. The maximum Gasteiger partial charge on any atom is 0.282 e. The summed E-state index contributed by atoms with van der Waals surface area (Å²) in [4.78, 5) is 30.3. The fraction of sp³-hybridized carbons (Fsp3) is 0.179. The highest BCUT2D eigenvalue weighted by Gasteiger charge is 2.19. The number of nitrogens with zero attached hydrogens (tertiary/aromatic N) is 4. The van der Waals surface area contributed by atoms with E-state index in [0.717, 1.165) is 4.68 Å². The Kier molecular flexibility index (Phi) is 7.34. The lowest BCUT2D eigenvalue weighted by Crippen LogP contribution is -2.28. The molecule has 0 saturated carbocycles. The summed E-state index contributed by atoms with van der Waals surface area (Å²) in [7, 11) is 0. The van der Waals surface area contributed by atoms with Crippen molar-refractivity contribution in [3.8, 4) is 17.2 Å². The van der Waals surface area contributed by atoms with Gasteiger partial charge in [-0.25, -0.2) is 13.8 Å². The number of halogens is 2. The molecule has 5 aromatic rings. The number of fused-ring (bicyclic) bond motifs is 1. The van der Waals surface area contributed by atoms with Gasteiger partial charge < -0.3 is 15.2 Å². The van der Waals surface area contributed by atoms with E-state index in [1.165, 1.54) is 54.7 Å². The first-order valence-corrected chi connectivity index (χ1v) is 12.3. The molecule has 10 nitrogen and oxygen atoms in total. The van der Waals surface area contributed by atoms with Crippen LogP contribution >= 0.6 is 0 Å². The molecule has 3 aromatic heterocycles. The monoisotopic (exact) mass is 546 g/mol. The number of ketones is 1. The molecule has 0 amide bonds. The first-order valence-electron chi connectivity index (χ1n) is 12.3. The van der Waals surface area contributed by atoms with Gasteiger partial charge in [0.25, 0.3) is 5.56 Å². The summed E-state index contributed by atoms with van der Waals surface area (Å²) in [6, 6.07) is 11.9. The number of hydrogen-bond donors (Lipinski definition) is 3. The van der Waals surface area contributed by atoms with Gasteiger partial charge in [-0.15, -0.1) is 0 Å². The van der Waals surface area contributed by atoms with Crippen LogP contribution in [-0.4, -0.2) is 48.5 Å². The molecular weight excluding hydrogens is 522 g/mol. The molecule has 3 heterocycles. The average molecular weight is 547 g/mol. The van der Waals surface area contributed by atoms with Crippen LogP contribution < -0.4 is 15.6 Å². The lowest BCUT2D eigenvalue weighted by molar-refractivity contribution is 0.0990. The van der Waals surface area contributed by atoms with Crippen molar-refractivity contribution in [2.24, 2.45) is 0 Å². The minimum absolute atomic E-state index is 0.0931. The highest BCUT2D eigenvalue weighted by atomic mass is 19.1. The van der Waals surface area contributed by atoms with E-state index < -0.39 is 23.0 Å². The quantitative estimate of drug-likeness (QED) is 0.235. The van der Waals surface area contributed by atoms with Gasteiger partial charge in [0.2, 0.25) is 0 Å². The van der Waals surface area contributed by atoms with Gasteiger partial charge >= 0.3 is 0 Å². The fourth-order valence-corrected chi connectivity index (χ4v) is 4.10. The molecule has 0 unspecified atom stereocenters. The third-order valence-electron chi connectivity index (χ3n) is 6.07. The van der Waals surface area contributed by atoms with E-state index in [4.69, 9.17) is 4.74 Å². The molecule has 0 aliphatic heterocycles. The number of carbonyl (C=O) groups is 1. The van der Waals surface area contributed by atoms with Gasteiger partial charge in [-0.05, 0) is 61.9 Å². The Bertz CT molecular complexity index is 1770. The minimum atomic E-state index is -0.716. The van der Waals surface area contributed by atoms with Gasteiger partial charge in [-0.2, -0.15) is 14.9 Å². The first kappa shape index (κ1) is 26.6. The van der Waals surface area contributed by atoms with Crippen LogP contribution in [0.15, 0.2) is 65.6 Å². The second-order valence-corrected chi connectivity index (χ2v) is 9.19. The van der Waals surface area contributed by atoms with E-state index in [1.54, 1.807) is 19.9 Å². The number of carbonyl (C=O) groups excluding carboxylic acids is 1. The molecule has 204 valence electrons. The van der Waals surface area contributed by atoms with Gasteiger partial charge in [0.05, 0.1) is 23.6 Å². The Morgan fingerprint density at radius 3 is 2.62 bits per heavy atom. The summed E-state index contributed by atoms with van der Waals surface area (Å²) in [6.45, 7) is 3.27. The van der Waals surface area contributed by atoms with E-state index in [1.807, 2.05) is 0 Å². The van der Waals surface area contributed by atoms with Gasteiger partial charge in [-0.1, -0.05) is 6.07 Å². The van der Waals surface area contributed by atoms with E-state index in [-0.39, 0.29) is 36.1 Å². The maximum atomic E-state index is 15.1. The Balaban J connectivity index is 1.38. The Labute approximate surface area is 226 Å². The molecule has 0 radical (unpaired) electrons. The zero-order chi connectivity index (χ0) is 28.4. The van der Waals surface area contributed by atoms with Crippen molar-refractivity contribution in [1.29, 1.82) is 0 Å². The molecule has 0 fully saturated rings. The number of aryl methyl sites for hydroxylation is 1. The number of aliphatic hydroxyl groups excluding tert-OH is 1. The van der Waals surface area contributed by atoms with Crippen LogP contribution in [-0.2, 0) is 6.42 Å². The number of rotatable bonds is 9. The third-order valence-corrected chi connectivity index (χ3v) is 6.07. The van der Waals surface area contributed by atoms with Crippen molar-refractivity contribution in [1.82, 2.24) is 25.0 Å². The van der Waals surface area contributed by atoms with Crippen molar-refractivity contribution < 1.29 is 23.4 Å². The number of aliphatic hydroxyl groups is 1. The molecule has 0 saturated heterocycles. The number of nitrogens with one attached hydrogen (secondary N) is 2. The van der Waals surface area contributed by atoms with Gasteiger partial charge in [0.15, 0.2) is 28.8 Å². The molecular formula is C28H24F2N6O4. The zero-order valence-electron chi connectivity index (χ0n) is 21.5. The predicted octanol–water partition coefficient (Wildman–Crippen LogP) is 4.10. The number of benzene rings is 2. The number of pyridine rings is 1. The molecule has 0 bridgehead atoms. The number of aromatic amines is 1. The van der Waals surface area contributed by atoms with Gasteiger partial charge in [-0.3, -0.25) is 14.7 Å². The Hall–Kier alpha value is -4.97. The van der Waals surface area contributed by atoms with Crippen molar-refractivity contribution >= 4 is 22.6 Å². The molecule has 12 heteroatoms. The second-order valence-electron chi connectivity index (χ2n) is 9.19. The van der Waals surface area contributed by atoms with Crippen LogP contribution in [0.1, 0.15) is 28.5 Å². The van der Waals surface area contributed by atoms with Crippen LogP contribution in [0.3, 0.4) is 0 Å². The molecule has 0 aliphatic carbocycles. The third kappa shape index (κ3) is 5.43. The lowest BCUT2D eigenvalue weighted by Gasteiger charge is -2.12. The number of aromatic nitrogens is 5. The second kappa shape index (κ2) is 11.0. The van der Waals surface area contributed by atoms with E-state index in [0.29, 0.717) is 33.8 Å². The Morgan fingerprint density at radius 1 is 1.12 bits per heavy atom. The summed E-state index contributed by atoms with van der Waals surface area (Å²) < 4.78 is 35.3. The van der Waals surface area contributed by atoms with Crippen molar-refractivity contribution in [2.75, 3.05) is 11.9 Å². The number of hydrogen-bond acceptors (Lipinski definition) is 8. The first-order chi connectivity index (χ1) is 19.2. The lowest BCUT2D eigenvalue weighted by atomic mass is 10.0. The topological polar surface area (TPSA) is 135 Å².